The van der Waals surface area contributed by atoms with Gasteiger partial charge in [0.25, 0.3) is 0 Å². The van der Waals surface area contributed by atoms with Gasteiger partial charge in [-0.1, -0.05) is 18.2 Å². The van der Waals surface area contributed by atoms with Crippen molar-refractivity contribution >= 4 is 24.5 Å². The van der Waals surface area contributed by atoms with Crippen LogP contribution in [0.5, 0.6) is 0 Å². The van der Waals surface area contributed by atoms with Gasteiger partial charge in [0.1, 0.15) is 0 Å². The zero-order valence-corrected chi connectivity index (χ0v) is 9.54. The Morgan fingerprint density at radius 2 is 2.06 bits per heavy atom. The summed E-state index contributed by atoms with van der Waals surface area (Å²) in [7, 11) is 0. The van der Waals surface area contributed by atoms with E-state index in [0.29, 0.717) is 0 Å². The molecule has 3 N–H and O–H groups in total. The number of rotatable bonds is 2. The number of carboxylic acids is 1. The predicted octanol–water partition coefficient (Wildman–Crippen LogP) is 1.63. The number of benzene rings is 1. The van der Waals surface area contributed by atoms with Crippen LogP contribution < -0.4 is 5.73 Å². The van der Waals surface area contributed by atoms with Gasteiger partial charge in [-0.2, -0.15) is 0 Å². The second-order valence-corrected chi connectivity index (χ2v) is 3.87. The molecule has 0 heterocycles. The first-order valence-corrected chi connectivity index (χ1v) is 4.93. The second-order valence-electron chi connectivity index (χ2n) is 3.87. The number of aliphatic carboxylic acids is 1. The summed E-state index contributed by atoms with van der Waals surface area (Å²) < 4.78 is 0. The van der Waals surface area contributed by atoms with E-state index in [1.54, 1.807) is 6.08 Å². The summed E-state index contributed by atoms with van der Waals surface area (Å²) in [6, 6.07) is 6.19. The molecule has 4 heteroatoms. The van der Waals surface area contributed by atoms with Gasteiger partial charge in [-0.05, 0) is 35.6 Å². The van der Waals surface area contributed by atoms with Gasteiger partial charge in [-0.15, -0.1) is 12.4 Å². The lowest BCUT2D eigenvalue weighted by Gasteiger charge is -1.99. The number of fused-ring (bicyclic) bond motifs is 1. The number of carboxylic acid groups (broad SMARTS) is 1. The maximum Gasteiger partial charge on any atom is 0.328 e. The molecule has 16 heavy (non-hydrogen) atoms. The van der Waals surface area contributed by atoms with Crippen LogP contribution in [-0.2, 0) is 17.6 Å². The topological polar surface area (TPSA) is 63.3 Å². The number of hydrogen-bond acceptors (Lipinski definition) is 2. The third kappa shape index (κ3) is 2.84. The minimum atomic E-state index is -0.924. The van der Waals surface area contributed by atoms with E-state index in [1.165, 1.54) is 11.1 Å². The van der Waals surface area contributed by atoms with Crippen LogP contribution in [0, 0.1) is 0 Å². The van der Waals surface area contributed by atoms with Crippen LogP contribution >= 0.6 is 12.4 Å². The van der Waals surface area contributed by atoms with Crippen LogP contribution in [0.2, 0.25) is 0 Å². The predicted molar refractivity (Wildman–Crippen MR) is 65.7 cm³/mol. The van der Waals surface area contributed by atoms with Crippen LogP contribution in [0.1, 0.15) is 16.7 Å². The Labute approximate surface area is 100 Å². The molecule has 1 aromatic rings. The fourth-order valence-corrected chi connectivity index (χ4v) is 1.94. The molecule has 1 aromatic carbocycles. The van der Waals surface area contributed by atoms with Crippen molar-refractivity contribution in [3.8, 4) is 0 Å². The minimum Gasteiger partial charge on any atom is -0.478 e. The lowest BCUT2D eigenvalue weighted by molar-refractivity contribution is -0.131. The molecule has 0 bridgehead atoms. The lowest BCUT2D eigenvalue weighted by Crippen LogP contribution is -2.18. The molecule has 0 radical (unpaired) electrons. The van der Waals surface area contributed by atoms with Crippen molar-refractivity contribution in [3.05, 3.63) is 41.0 Å². The van der Waals surface area contributed by atoms with Crippen molar-refractivity contribution in [2.45, 2.75) is 18.9 Å². The minimum absolute atomic E-state index is 0. The normalized spacial score (nSPS) is 18.2. The quantitative estimate of drug-likeness (QED) is 0.771. The van der Waals surface area contributed by atoms with E-state index >= 15 is 0 Å². The third-order valence-electron chi connectivity index (χ3n) is 2.61. The summed E-state index contributed by atoms with van der Waals surface area (Å²) in [6.45, 7) is 0. The fourth-order valence-electron chi connectivity index (χ4n) is 1.94. The zero-order chi connectivity index (χ0) is 10.8. The average molecular weight is 240 g/mol. The highest BCUT2D eigenvalue weighted by Gasteiger charge is 2.17. The first kappa shape index (κ1) is 12.7. The highest BCUT2D eigenvalue weighted by atomic mass is 35.5. The first-order valence-electron chi connectivity index (χ1n) is 4.93. The Morgan fingerprint density at radius 1 is 1.38 bits per heavy atom. The van der Waals surface area contributed by atoms with Gasteiger partial charge in [0.15, 0.2) is 0 Å². The monoisotopic (exact) mass is 239 g/mol. The molecule has 1 aliphatic rings. The van der Waals surface area contributed by atoms with Crippen LogP contribution in [0.15, 0.2) is 24.3 Å². The van der Waals surface area contributed by atoms with Crippen molar-refractivity contribution in [1.29, 1.82) is 0 Å². The standard InChI is InChI=1S/C12H13NO2.ClH/c13-11-6-9-3-1-8(2-4-12(14)15)5-10(9)7-11;/h1-5,11H,6-7,13H2,(H,14,15);1H/b4-2+;. The van der Waals surface area contributed by atoms with Crippen molar-refractivity contribution in [1.82, 2.24) is 0 Å². The van der Waals surface area contributed by atoms with E-state index in [0.717, 1.165) is 24.5 Å². The molecular formula is C12H14ClNO2. The highest BCUT2D eigenvalue weighted by molar-refractivity contribution is 5.85. The van der Waals surface area contributed by atoms with E-state index in [4.69, 9.17) is 10.8 Å². The van der Waals surface area contributed by atoms with Crippen LogP contribution in [0.3, 0.4) is 0 Å². The van der Waals surface area contributed by atoms with Gasteiger partial charge in [0, 0.05) is 12.1 Å². The van der Waals surface area contributed by atoms with Gasteiger partial charge >= 0.3 is 5.97 Å². The lowest BCUT2D eigenvalue weighted by atomic mass is 10.1. The average Bonchev–Trinajstić information content (AvgIpc) is 2.53. The highest BCUT2D eigenvalue weighted by Crippen LogP contribution is 2.22. The second kappa shape index (κ2) is 5.14. The molecule has 0 spiro atoms. The molecule has 3 nitrogen and oxygen atoms in total. The Kier molecular flexibility index (Phi) is 4.10. The molecule has 0 aliphatic heterocycles. The van der Waals surface area contributed by atoms with Crippen molar-refractivity contribution in [3.63, 3.8) is 0 Å². The van der Waals surface area contributed by atoms with Crippen LogP contribution in [0.4, 0.5) is 0 Å². The largest absolute Gasteiger partial charge is 0.478 e. The van der Waals surface area contributed by atoms with Gasteiger partial charge in [-0.25, -0.2) is 4.79 Å². The summed E-state index contributed by atoms with van der Waals surface area (Å²) in [5.41, 5.74) is 9.30. The summed E-state index contributed by atoms with van der Waals surface area (Å²) in [4.78, 5) is 10.4. The maximum absolute atomic E-state index is 10.4. The molecule has 1 unspecified atom stereocenters. The Bertz CT molecular complexity index is 429. The molecule has 0 saturated heterocycles. The molecular weight excluding hydrogens is 226 g/mol. The smallest absolute Gasteiger partial charge is 0.328 e. The number of hydrogen-bond donors (Lipinski definition) is 2. The van der Waals surface area contributed by atoms with Crippen LogP contribution in [0.25, 0.3) is 6.08 Å². The van der Waals surface area contributed by atoms with Gasteiger partial charge in [-0.3, -0.25) is 0 Å². The van der Waals surface area contributed by atoms with E-state index < -0.39 is 5.97 Å². The molecule has 0 fully saturated rings. The summed E-state index contributed by atoms with van der Waals surface area (Å²) in [6.07, 6.45) is 4.57. The Morgan fingerprint density at radius 3 is 2.75 bits per heavy atom. The Hall–Kier alpha value is -1.32. The molecule has 1 atom stereocenters. The summed E-state index contributed by atoms with van der Waals surface area (Å²) >= 11 is 0. The van der Waals surface area contributed by atoms with Crippen molar-refractivity contribution in [2.24, 2.45) is 5.73 Å². The number of carbonyl (C=O) groups is 1. The first-order chi connectivity index (χ1) is 7.15. The molecule has 0 aromatic heterocycles. The van der Waals surface area contributed by atoms with Crippen molar-refractivity contribution < 1.29 is 9.90 Å². The third-order valence-corrected chi connectivity index (χ3v) is 2.61. The van der Waals surface area contributed by atoms with E-state index in [9.17, 15) is 4.79 Å². The van der Waals surface area contributed by atoms with Gasteiger partial charge in [0.05, 0.1) is 0 Å². The van der Waals surface area contributed by atoms with Gasteiger partial charge < -0.3 is 10.8 Å². The molecule has 2 rings (SSSR count). The van der Waals surface area contributed by atoms with Crippen LogP contribution in [-0.4, -0.2) is 17.1 Å². The molecule has 86 valence electrons. The fraction of sp³-hybridized carbons (Fsp3) is 0.250. The van der Waals surface area contributed by atoms with E-state index in [1.807, 2.05) is 18.2 Å². The summed E-state index contributed by atoms with van der Waals surface area (Å²) in [5, 5.41) is 8.50. The van der Waals surface area contributed by atoms with E-state index in [2.05, 4.69) is 0 Å². The number of nitrogens with two attached hydrogens (primary N) is 1. The van der Waals surface area contributed by atoms with Gasteiger partial charge in [0.2, 0.25) is 0 Å². The summed E-state index contributed by atoms with van der Waals surface area (Å²) in [5.74, 6) is -0.924. The number of halogens is 1. The molecule has 1 aliphatic carbocycles. The van der Waals surface area contributed by atoms with Crippen molar-refractivity contribution in [2.75, 3.05) is 0 Å². The molecule has 0 amide bonds. The Balaban J connectivity index is 0.00000128. The SMILES string of the molecule is Cl.NC1Cc2ccc(/C=C/C(=O)O)cc2C1. The maximum atomic E-state index is 10.4. The molecule has 0 saturated carbocycles. The zero-order valence-electron chi connectivity index (χ0n) is 8.72. The van der Waals surface area contributed by atoms with E-state index in [-0.39, 0.29) is 18.4 Å².